The SMILES string of the molecule is CCCC(Nc1nc[nH]c(=O)c1I)c1cccs1. The number of halogens is 1. The zero-order valence-corrected chi connectivity index (χ0v) is 12.9. The van der Waals surface area contributed by atoms with Crippen LogP contribution in [0.4, 0.5) is 5.82 Å². The second kappa shape index (κ2) is 6.33. The van der Waals surface area contributed by atoms with Crippen molar-refractivity contribution in [3.63, 3.8) is 0 Å². The summed E-state index contributed by atoms with van der Waals surface area (Å²) in [4.78, 5) is 19.6. The summed E-state index contributed by atoms with van der Waals surface area (Å²) in [7, 11) is 0. The maximum absolute atomic E-state index is 11.5. The van der Waals surface area contributed by atoms with Gasteiger partial charge in [0.05, 0.1) is 12.4 Å². The van der Waals surface area contributed by atoms with Gasteiger partial charge in [0.2, 0.25) is 0 Å². The average Bonchev–Trinajstić information content (AvgIpc) is 2.88. The van der Waals surface area contributed by atoms with Crippen LogP contribution in [0.15, 0.2) is 28.6 Å². The quantitative estimate of drug-likeness (QED) is 0.788. The molecular formula is C12H14IN3OS. The number of aromatic nitrogens is 2. The van der Waals surface area contributed by atoms with E-state index in [1.807, 2.05) is 28.7 Å². The minimum Gasteiger partial charge on any atom is -0.361 e. The van der Waals surface area contributed by atoms with Gasteiger partial charge in [-0.3, -0.25) is 4.79 Å². The van der Waals surface area contributed by atoms with Crippen LogP contribution in [-0.4, -0.2) is 9.97 Å². The first-order chi connectivity index (χ1) is 8.72. The van der Waals surface area contributed by atoms with Crippen LogP contribution in [0, 0.1) is 3.57 Å². The van der Waals surface area contributed by atoms with Crippen molar-refractivity contribution in [3.05, 3.63) is 42.6 Å². The smallest absolute Gasteiger partial charge is 0.266 e. The van der Waals surface area contributed by atoms with Crippen LogP contribution in [-0.2, 0) is 0 Å². The van der Waals surface area contributed by atoms with E-state index in [1.54, 1.807) is 11.3 Å². The number of H-pyrrole nitrogens is 1. The standard InChI is InChI=1S/C12H14IN3OS/c1-2-4-8(9-5-3-6-18-9)16-11-10(13)12(17)15-7-14-11/h3,5-8H,2,4H2,1H3,(H2,14,15,16,17). The molecule has 0 radical (unpaired) electrons. The van der Waals surface area contributed by atoms with Gasteiger partial charge < -0.3 is 10.3 Å². The molecule has 2 aromatic rings. The van der Waals surface area contributed by atoms with Gasteiger partial charge in [-0.25, -0.2) is 4.98 Å². The van der Waals surface area contributed by atoms with E-state index in [9.17, 15) is 4.79 Å². The molecule has 0 aliphatic carbocycles. The van der Waals surface area contributed by atoms with E-state index >= 15 is 0 Å². The monoisotopic (exact) mass is 375 g/mol. The van der Waals surface area contributed by atoms with E-state index in [0.717, 1.165) is 12.8 Å². The number of rotatable bonds is 5. The lowest BCUT2D eigenvalue weighted by molar-refractivity contribution is 0.683. The molecule has 6 heteroatoms. The van der Waals surface area contributed by atoms with Gasteiger partial charge in [-0.1, -0.05) is 19.4 Å². The summed E-state index contributed by atoms with van der Waals surface area (Å²) in [5, 5.41) is 5.43. The molecule has 1 atom stereocenters. The van der Waals surface area contributed by atoms with Crippen LogP contribution in [0.2, 0.25) is 0 Å². The van der Waals surface area contributed by atoms with Gasteiger partial charge in [0.15, 0.2) is 0 Å². The summed E-state index contributed by atoms with van der Waals surface area (Å²) < 4.78 is 0.604. The van der Waals surface area contributed by atoms with Crippen molar-refractivity contribution in [2.45, 2.75) is 25.8 Å². The van der Waals surface area contributed by atoms with Gasteiger partial charge in [-0.05, 0) is 40.5 Å². The van der Waals surface area contributed by atoms with Crippen molar-refractivity contribution in [1.29, 1.82) is 0 Å². The van der Waals surface area contributed by atoms with E-state index in [2.05, 4.69) is 33.7 Å². The second-order valence-electron chi connectivity index (χ2n) is 3.90. The zero-order valence-electron chi connectivity index (χ0n) is 9.94. The van der Waals surface area contributed by atoms with E-state index in [1.165, 1.54) is 11.2 Å². The predicted octanol–water partition coefficient (Wildman–Crippen LogP) is 3.39. The lowest BCUT2D eigenvalue weighted by atomic mass is 10.1. The second-order valence-corrected chi connectivity index (χ2v) is 5.95. The Kier molecular flexibility index (Phi) is 4.76. The minimum absolute atomic E-state index is 0.102. The van der Waals surface area contributed by atoms with Crippen LogP contribution >= 0.6 is 33.9 Å². The molecule has 0 bridgehead atoms. The number of aromatic amines is 1. The molecular weight excluding hydrogens is 361 g/mol. The van der Waals surface area contributed by atoms with Crippen molar-refractivity contribution >= 4 is 39.7 Å². The van der Waals surface area contributed by atoms with E-state index < -0.39 is 0 Å². The molecule has 0 saturated carbocycles. The Morgan fingerprint density at radius 3 is 3.11 bits per heavy atom. The third-order valence-corrected chi connectivity index (χ3v) is 4.56. The molecule has 2 N–H and O–H groups in total. The first-order valence-electron chi connectivity index (χ1n) is 5.75. The van der Waals surface area contributed by atoms with Crippen LogP contribution in [0.5, 0.6) is 0 Å². The van der Waals surface area contributed by atoms with Gasteiger partial charge in [-0.15, -0.1) is 11.3 Å². The zero-order chi connectivity index (χ0) is 13.0. The summed E-state index contributed by atoms with van der Waals surface area (Å²) in [5.41, 5.74) is -0.102. The van der Waals surface area contributed by atoms with Gasteiger partial charge in [0.1, 0.15) is 9.39 Å². The molecule has 0 aromatic carbocycles. The lowest BCUT2D eigenvalue weighted by Crippen LogP contribution is -2.17. The molecule has 4 nitrogen and oxygen atoms in total. The summed E-state index contributed by atoms with van der Waals surface area (Å²) in [6, 6.07) is 4.37. The first-order valence-corrected chi connectivity index (χ1v) is 7.71. The Morgan fingerprint density at radius 1 is 1.61 bits per heavy atom. The number of anilines is 1. The molecule has 0 aliphatic rings. The van der Waals surface area contributed by atoms with Gasteiger partial charge in [0.25, 0.3) is 5.56 Å². The van der Waals surface area contributed by atoms with Crippen LogP contribution in [0.25, 0.3) is 0 Å². The minimum atomic E-state index is -0.102. The molecule has 2 heterocycles. The predicted molar refractivity (Wildman–Crippen MR) is 83.2 cm³/mol. The van der Waals surface area contributed by atoms with Gasteiger partial charge in [0, 0.05) is 4.88 Å². The van der Waals surface area contributed by atoms with Crippen LogP contribution in [0.3, 0.4) is 0 Å². The fraction of sp³-hybridized carbons (Fsp3) is 0.333. The number of thiophene rings is 1. The Labute approximate surface area is 123 Å². The van der Waals surface area contributed by atoms with Crippen molar-refractivity contribution < 1.29 is 0 Å². The Balaban J connectivity index is 2.24. The first kappa shape index (κ1) is 13.5. The molecule has 0 aliphatic heterocycles. The van der Waals surface area contributed by atoms with Crippen molar-refractivity contribution in [2.75, 3.05) is 5.32 Å². The summed E-state index contributed by atoms with van der Waals surface area (Å²) >= 11 is 3.74. The molecule has 96 valence electrons. The third kappa shape index (κ3) is 3.11. The Hall–Kier alpha value is -0.890. The summed E-state index contributed by atoms with van der Waals surface area (Å²) in [5.74, 6) is 0.659. The van der Waals surface area contributed by atoms with Crippen molar-refractivity contribution in [2.24, 2.45) is 0 Å². The number of nitrogens with one attached hydrogen (secondary N) is 2. The number of nitrogens with zero attached hydrogens (tertiary/aromatic N) is 1. The van der Waals surface area contributed by atoms with Crippen molar-refractivity contribution in [3.8, 4) is 0 Å². The summed E-state index contributed by atoms with van der Waals surface area (Å²) in [6.07, 6.45) is 3.53. The topological polar surface area (TPSA) is 57.8 Å². The molecule has 2 aromatic heterocycles. The van der Waals surface area contributed by atoms with Gasteiger partial charge in [-0.2, -0.15) is 0 Å². The maximum Gasteiger partial charge on any atom is 0.266 e. The Morgan fingerprint density at radius 2 is 2.44 bits per heavy atom. The number of hydrogen-bond donors (Lipinski definition) is 2. The summed E-state index contributed by atoms with van der Waals surface area (Å²) in [6.45, 7) is 2.15. The molecule has 1 unspecified atom stereocenters. The molecule has 0 amide bonds. The van der Waals surface area contributed by atoms with E-state index in [4.69, 9.17) is 0 Å². The van der Waals surface area contributed by atoms with Crippen LogP contribution < -0.4 is 10.9 Å². The molecule has 0 fully saturated rings. The van der Waals surface area contributed by atoms with Crippen LogP contribution in [0.1, 0.15) is 30.7 Å². The molecule has 0 spiro atoms. The normalized spacial score (nSPS) is 12.3. The van der Waals surface area contributed by atoms with Gasteiger partial charge >= 0.3 is 0 Å². The number of hydrogen-bond acceptors (Lipinski definition) is 4. The van der Waals surface area contributed by atoms with E-state index in [0.29, 0.717) is 9.39 Å². The fourth-order valence-corrected chi connectivity index (χ4v) is 2.98. The highest BCUT2D eigenvalue weighted by atomic mass is 127. The maximum atomic E-state index is 11.5. The molecule has 2 rings (SSSR count). The fourth-order valence-electron chi connectivity index (χ4n) is 1.71. The highest BCUT2D eigenvalue weighted by Crippen LogP contribution is 2.27. The van der Waals surface area contributed by atoms with Crippen molar-refractivity contribution in [1.82, 2.24) is 9.97 Å². The highest BCUT2D eigenvalue weighted by molar-refractivity contribution is 14.1. The molecule has 0 saturated heterocycles. The third-order valence-electron chi connectivity index (χ3n) is 2.57. The molecule has 18 heavy (non-hydrogen) atoms. The largest absolute Gasteiger partial charge is 0.361 e. The average molecular weight is 375 g/mol. The highest BCUT2D eigenvalue weighted by Gasteiger charge is 2.14. The lowest BCUT2D eigenvalue weighted by Gasteiger charge is -2.17. The van der Waals surface area contributed by atoms with E-state index in [-0.39, 0.29) is 11.6 Å². The Bertz CT molecular complexity index is 553.